The lowest BCUT2D eigenvalue weighted by atomic mass is 10.0. The molecule has 0 aliphatic carbocycles. The first-order valence-corrected chi connectivity index (χ1v) is 9.31. The molecule has 1 amide bonds. The van der Waals surface area contributed by atoms with Crippen molar-refractivity contribution in [2.24, 2.45) is 5.92 Å². The van der Waals surface area contributed by atoms with Crippen LogP contribution in [0.2, 0.25) is 0 Å². The molecule has 0 radical (unpaired) electrons. The van der Waals surface area contributed by atoms with Gasteiger partial charge in [-0.2, -0.15) is 0 Å². The summed E-state index contributed by atoms with van der Waals surface area (Å²) in [7, 11) is 0. The minimum absolute atomic E-state index is 0.135. The normalized spacial score (nSPS) is 12.0. The SMILES string of the molecule is CC(C)[C@H](NC(=O)c1cccs1)C(=O)OCc1nnc(-c2ccccc2)o1. The van der Waals surface area contributed by atoms with Crippen molar-refractivity contribution in [3.05, 3.63) is 58.6 Å². The van der Waals surface area contributed by atoms with E-state index in [-0.39, 0.29) is 24.3 Å². The molecule has 0 saturated carbocycles. The molecule has 1 atom stereocenters. The second-order valence-electron chi connectivity index (χ2n) is 6.15. The number of hydrogen-bond acceptors (Lipinski definition) is 7. The second kappa shape index (κ2) is 8.59. The lowest BCUT2D eigenvalue weighted by Crippen LogP contribution is -2.45. The largest absolute Gasteiger partial charge is 0.454 e. The van der Waals surface area contributed by atoms with E-state index in [0.29, 0.717) is 10.8 Å². The van der Waals surface area contributed by atoms with Gasteiger partial charge in [0.05, 0.1) is 4.88 Å². The Bertz CT molecular complexity index is 891. The van der Waals surface area contributed by atoms with Crippen LogP contribution in [0, 0.1) is 5.92 Å². The number of esters is 1. The third-order valence-corrected chi connectivity index (χ3v) is 4.65. The highest BCUT2D eigenvalue weighted by Crippen LogP contribution is 2.17. The number of aromatic nitrogens is 2. The van der Waals surface area contributed by atoms with E-state index in [9.17, 15) is 9.59 Å². The Morgan fingerprint density at radius 2 is 1.93 bits per heavy atom. The van der Waals surface area contributed by atoms with Crippen LogP contribution in [-0.2, 0) is 16.1 Å². The number of amides is 1. The van der Waals surface area contributed by atoms with E-state index in [2.05, 4.69) is 15.5 Å². The Labute approximate surface area is 160 Å². The minimum Gasteiger partial charge on any atom is -0.454 e. The summed E-state index contributed by atoms with van der Waals surface area (Å²) >= 11 is 1.31. The Kier molecular flexibility index (Phi) is 5.97. The summed E-state index contributed by atoms with van der Waals surface area (Å²) in [6.45, 7) is 3.51. The lowest BCUT2D eigenvalue weighted by Gasteiger charge is -2.20. The molecule has 0 bridgehead atoms. The fourth-order valence-corrected chi connectivity index (χ4v) is 2.98. The number of benzene rings is 1. The molecule has 0 spiro atoms. The fourth-order valence-electron chi connectivity index (χ4n) is 2.35. The smallest absolute Gasteiger partial charge is 0.329 e. The molecule has 2 aromatic heterocycles. The third-order valence-electron chi connectivity index (χ3n) is 3.78. The van der Waals surface area contributed by atoms with Crippen molar-refractivity contribution < 1.29 is 18.7 Å². The molecule has 0 aliphatic heterocycles. The van der Waals surface area contributed by atoms with Crippen LogP contribution in [0.15, 0.2) is 52.3 Å². The van der Waals surface area contributed by atoms with Crippen molar-refractivity contribution in [3.63, 3.8) is 0 Å². The number of rotatable bonds is 7. The number of nitrogens with one attached hydrogen (secondary N) is 1. The van der Waals surface area contributed by atoms with Gasteiger partial charge in [0.15, 0.2) is 6.61 Å². The van der Waals surface area contributed by atoms with E-state index in [0.717, 1.165) is 5.56 Å². The summed E-state index contributed by atoms with van der Waals surface area (Å²) in [5.74, 6) is -0.439. The highest BCUT2D eigenvalue weighted by molar-refractivity contribution is 7.12. The van der Waals surface area contributed by atoms with E-state index in [1.807, 2.05) is 44.2 Å². The third kappa shape index (κ3) is 4.79. The first-order valence-electron chi connectivity index (χ1n) is 8.43. The molecule has 3 rings (SSSR count). The molecule has 0 unspecified atom stereocenters. The molecule has 0 saturated heterocycles. The predicted molar refractivity (Wildman–Crippen MR) is 99.9 cm³/mol. The molecule has 2 heterocycles. The van der Waals surface area contributed by atoms with Gasteiger partial charge in [-0.15, -0.1) is 21.5 Å². The van der Waals surface area contributed by atoms with E-state index in [4.69, 9.17) is 9.15 Å². The first-order chi connectivity index (χ1) is 13.0. The quantitative estimate of drug-likeness (QED) is 0.627. The van der Waals surface area contributed by atoms with Crippen molar-refractivity contribution in [1.82, 2.24) is 15.5 Å². The van der Waals surface area contributed by atoms with Gasteiger partial charge in [0.25, 0.3) is 11.8 Å². The van der Waals surface area contributed by atoms with Crippen molar-refractivity contribution in [3.8, 4) is 11.5 Å². The summed E-state index contributed by atoms with van der Waals surface area (Å²) in [4.78, 5) is 25.2. The standard InChI is InChI=1S/C19H19N3O4S/c1-12(2)16(20-17(23)14-9-6-10-27-14)19(24)25-11-15-21-22-18(26-15)13-7-4-3-5-8-13/h3-10,12,16H,11H2,1-2H3,(H,20,23)/t16-/m0/s1. The summed E-state index contributed by atoms with van der Waals surface area (Å²) in [5.41, 5.74) is 0.783. The molecule has 7 nitrogen and oxygen atoms in total. The van der Waals surface area contributed by atoms with Crippen LogP contribution in [0.25, 0.3) is 11.5 Å². The highest BCUT2D eigenvalue weighted by atomic mass is 32.1. The Hall–Kier alpha value is -3.00. The van der Waals surface area contributed by atoms with E-state index >= 15 is 0 Å². The van der Waals surface area contributed by atoms with Crippen molar-refractivity contribution >= 4 is 23.2 Å². The van der Waals surface area contributed by atoms with Crippen LogP contribution >= 0.6 is 11.3 Å². The van der Waals surface area contributed by atoms with Gasteiger partial charge in [-0.25, -0.2) is 4.79 Å². The number of thiophene rings is 1. The molecular weight excluding hydrogens is 366 g/mol. The van der Waals surface area contributed by atoms with Crippen LogP contribution in [0.5, 0.6) is 0 Å². The average molecular weight is 385 g/mol. The van der Waals surface area contributed by atoms with Gasteiger partial charge >= 0.3 is 5.97 Å². The molecule has 27 heavy (non-hydrogen) atoms. The van der Waals surface area contributed by atoms with Crippen LogP contribution in [0.1, 0.15) is 29.4 Å². The number of carbonyl (C=O) groups is 2. The van der Waals surface area contributed by atoms with E-state index in [1.54, 1.807) is 17.5 Å². The van der Waals surface area contributed by atoms with Crippen LogP contribution in [0.4, 0.5) is 0 Å². The summed E-state index contributed by atoms with van der Waals surface area (Å²) in [5, 5.41) is 12.4. The van der Waals surface area contributed by atoms with Gasteiger partial charge in [-0.05, 0) is 29.5 Å². The topological polar surface area (TPSA) is 94.3 Å². The first kappa shape index (κ1) is 18.8. The second-order valence-corrected chi connectivity index (χ2v) is 7.09. The molecule has 3 aromatic rings. The van der Waals surface area contributed by atoms with Gasteiger partial charge in [0.2, 0.25) is 5.89 Å². The van der Waals surface area contributed by atoms with Gasteiger partial charge in [-0.3, -0.25) is 4.79 Å². The summed E-state index contributed by atoms with van der Waals surface area (Å²) in [6, 6.07) is 12.0. The van der Waals surface area contributed by atoms with E-state index in [1.165, 1.54) is 11.3 Å². The highest BCUT2D eigenvalue weighted by Gasteiger charge is 2.27. The Morgan fingerprint density at radius 1 is 1.15 bits per heavy atom. The molecule has 0 fully saturated rings. The number of nitrogens with zero attached hydrogens (tertiary/aromatic N) is 2. The monoisotopic (exact) mass is 385 g/mol. The molecule has 0 aliphatic rings. The average Bonchev–Trinajstić information content (AvgIpc) is 3.36. The molecule has 1 N–H and O–H groups in total. The molecule has 8 heteroatoms. The number of hydrogen-bond donors (Lipinski definition) is 1. The summed E-state index contributed by atoms with van der Waals surface area (Å²) < 4.78 is 10.8. The maximum absolute atomic E-state index is 12.4. The van der Waals surface area contributed by atoms with Crippen molar-refractivity contribution in [2.45, 2.75) is 26.5 Å². The van der Waals surface area contributed by atoms with Crippen LogP contribution < -0.4 is 5.32 Å². The van der Waals surface area contributed by atoms with Gasteiger partial charge in [0.1, 0.15) is 6.04 Å². The molecule has 1 aromatic carbocycles. The number of carbonyl (C=O) groups excluding carboxylic acids is 2. The zero-order chi connectivity index (χ0) is 19.2. The van der Waals surface area contributed by atoms with Gasteiger partial charge in [0, 0.05) is 5.56 Å². The van der Waals surface area contributed by atoms with Crippen LogP contribution in [-0.4, -0.2) is 28.1 Å². The predicted octanol–water partition coefficient (Wildman–Crippen LogP) is 3.30. The van der Waals surface area contributed by atoms with Gasteiger partial charge < -0.3 is 14.5 Å². The fraction of sp³-hybridized carbons (Fsp3) is 0.263. The number of ether oxygens (including phenoxy) is 1. The Balaban J connectivity index is 1.60. The maximum Gasteiger partial charge on any atom is 0.329 e. The Morgan fingerprint density at radius 3 is 2.59 bits per heavy atom. The van der Waals surface area contributed by atoms with Crippen molar-refractivity contribution in [1.29, 1.82) is 0 Å². The lowest BCUT2D eigenvalue weighted by molar-refractivity contribution is -0.149. The molecular formula is C19H19N3O4S. The van der Waals surface area contributed by atoms with Crippen LogP contribution in [0.3, 0.4) is 0 Å². The summed E-state index contributed by atoms with van der Waals surface area (Å²) in [6.07, 6.45) is 0. The zero-order valence-corrected chi connectivity index (χ0v) is 15.7. The van der Waals surface area contributed by atoms with Gasteiger partial charge in [-0.1, -0.05) is 38.1 Å². The maximum atomic E-state index is 12.4. The van der Waals surface area contributed by atoms with Crippen molar-refractivity contribution in [2.75, 3.05) is 0 Å². The van der Waals surface area contributed by atoms with E-state index < -0.39 is 12.0 Å². The zero-order valence-electron chi connectivity index (χ0n) is 14.9. The molecule has 140 valence electrons. The minimum atomic E-state index is -0.767.